The van der Waals surface area contributed by atoms with E-state index < -0.39 is 24.5 Å². The molecule has 0 heterocycles. The third-order valence-electron chi connectivity index (χ3n) is 3.55. The maximum absolute atomic E-state index is 11.9. The van der Waals surface area contributed by atoms with Crippen LogP contribution in [-0.4, -0.2) is 38.2 Å². The molecule has 1 amide bonds. The molecule has 2 aromatic carbocycles. The van der Waals surface area contributed by atoms with Crippen LogP contribution in [0.2, 0.25) is 0 Å². The van der Waals surface area contributed by atoms with Crippen LogP contribution in [0.4, 0.5) is 5.69 Å². The van der Waals surface area contributed by atoms with Crippen molar-refractivity contribution in [1.29, 1.82) is 0 Å². The SMILES string of the molecule is CCOc1ccccc1/C=C/C(=O)OCC(=O)Nc1ccc(C(=O)OC)cc1. The molecular weight excluding hydrogens is 362 g/mol. The number of carbonyl (C=O) groups excluding carboxylic acids is 3. The molecule has 0 atom stereocenters. The van der Waals surface area contributed by atoms with Gasteiger partial charge in [0.25, 0.3) is 5.91 Å². The van der Waals surface area contributed by atoms with Crippen molar-refractivity contribution in [1.82, 2.24) is 0 Å². The number of rotatable bonds is 8. The van der Waals surface area contributed by atoms with Crippen molar-refractivity contribution < 1.29 is 28.6 Å². The van der Waals surface area contributed by atoms with Crippen LogP contribution in [0.5, 0.6) is 5.75 Å². The number of carbonyl (C=O) groups is 3. The first-order valence-corrected chi connectivity index (χ1v) is 8.58. The highest BCUT2D eigenvalue weighted by molar-refractivity contribution is 5.95. The predicted molar refractivity (Wildman–Crippen MR) is 104 cm³/mol. The molecule has 1 N–H and O–H groups in total. The Hall–Kier alpha value is -3.61. The molecule has 0 saturated heterocycles. The van der Waals surface area contributed by atoms with Gasteiger partial charge < -0.3 is 19.5 Å². The molecule has 0 aliphatic heterocycles. The van der Waals surface area contributed by atoms with E-state index in [4.69, 9.17) is 9.47 Å². The van der Waals surface area contributed by atoms with Crippen molar-refractivity contribution in [3.63, 3.8) is 0 Å². The van der Waals surface area contributed by atoms with Gasteiger partial charge in [0.15, 0.2) is 6.61 Å². The molecule has 146 valence electrons. The van der Waals surface area contributed by atoms with Gasteiger partial charge in [0.2, 0.25) is 0 Å². The topological polar surface area (TPSA) is 90.9 Å². The maximum atomic E-state index is 11.9. The first-order chi connectivity index (χ1) is 13.5. The van der Waals surface area contributed by atoms with Gasteiger partial charge in [0.05, 0.1) is 19.3 Å². The lowest BCUT2D eigenvalue weighted by Gasteiger charge is -2.07. The van der Waals surface area contributed by atoms with Crippen LogP contribution in [0.3, 0.4) is 0 Å². The number of anilines is 1. The number of amides is 1. The minimum Gasteiger partial charge on any atom is -0.493 e. The summed E-state index contributed by atoms with van der Waals surface area (Å²) < 4.78 is 15.0. The lowest BCUT2D eigenvalue weighted by Crippen LogP contribution is -2.20. The van der Waals surface area contributed by atoms with Crippen LogP contribution in [0.25, 0.3) is 6.08 Å². The molecule has 0 aliphatic rings. The van der Waals surface area contributed by atoms with Gasteiger partial charge in [-0.05, 0) is 43.3 Å². The Morgan fingerprint density at radius 1 is 1.04 bits per heavy atom. The van der Waals surface area contributed by atoms with Crippen molar-refractivity contribution in [2.75, 3.05) is 25.6 Å². The Labute approximate surface area is 162 Å². The number of para-hydroxylation sites is 1. The molecule has 7 heteroatoms. The Kier molecular flexibility index (Phi) is 7.77. The zero-order chi connectivity index (χ0) is 20.4. The largest absolute Gasteiger partial charge is 0.493 e. The number of ether oxygens (including phenoxy) is 3. The van der Waals surface area contributed by atoms with Gasteiger partial charge in [-0.25, -0.2) is 9.59 Å². The van der Waals surface area contributed by atoms with E-state index >= 15 is 0 Å². The number of benzene rings is 2. The van der Waals surface area contributed by atoms with Gasteiger partial charge in [-0.15, -0.1) is 0 Å². The van der Waals surface area contributed by atoms with Gasteiger partial charge in [0.1, 0.15) is 5.75 Å². The molecule has 0 aromatic heterocycles. The first-order valence-electron chi connectivity index (χ1n) is 8.58. The highest BCUT2D eigenvalue weighted by Gasteiger charge is 2.08. The highest BCUT2D eigenvalue weighted by Crippen LogP contribution is 2.19. The summed E-state index contributed by atoms with van der Waals surface area (Å²) in [7, 11) is 1.29. The quantitative estimate of drug-likeness (QED) is 0.556. The molecule has 7 nitrogen and oxygen atoms in total. The van der Waals surface area contributed by atoms with E-state index in [9.17, 15) is 14.4 Å². The third-order valence-corrected chi connectivity index (χ3v) is 3.55. The number of hydrogen-bond acceptors (Lipinski definition) is 6. The van der Waals surface area contributed by atoms with Gasteiger partial charge >= 0.3 is 11.9 Å². The minimum absolute atomic E-state index is 0.365. The Balaban J connectivity index is 1.84. The standard InChI is InChI=1S/C21H21NO6/c1-3-27-18-7-5-4-6-15(18)10-13-20(24)28-14-19(23)22-17-11-8-16(9-12-17)21(25)26-2/h4-13H,3,14H2,1-2H3,(H,22,23)/b13-10+. The molecule has 0 saturated carbocycles. The summed E-state index contributed by atoms with van der Waals surface area (Å²) in [6, 6.07) is 13.4. The van der Waals surface area contributed by atoms with E-state index in [1.807, 2.05) is 19.1 Å². The fraction of sp³-hybridized carbons (Fsp3) is 0.190. The smallest absolute Gasteiger partial charge is 0.337 e. The van der Waals surface area contributed by atoms with Gasteiger partial charge in [-0.3, -0.25) is 4.79 Å². The second kappa shape index (κ2) is 10.5. The van der Waals surface area contributed by atoms with E-state index in [0.29, 0.717) is 23.6 Å². The average Bonchev–Trinajstić information content (AvgIpc) is 2.72. The molecular formula is C21H21NO6. The summed E-state index contributed by atoms with van der Waals surface area (Å²) in [5.74, 6) is -0.962. The molecule has 28 heavy (non-hydrogen) atoms. The lowest BCUT2D eigenvalue weighted by molar-refractivity contribution is -0.142. The van der Waals surface area contributed by atoms with E-state index in [2.05, 4.69) is 10.1 Å². The highest BCUT2D eigenvalue weighted by atomic mass is 16.5. The summed E-state index contributed by atoms with van der Waals surface area (Å²) >= 11 is 0. The van der Waals surface area contributed by atoms with Crippen LogP contribution in [0.15, 0.2) is 54.6 Å². The molecule has 0 spiro atoms. The molecule has 0 aliphatic carbocycles. The average molecular weight is 383 g/mol. The number of methoxy groups -OCH3 is 1. The number of hydrogen-bond donors (Lipinski definition) is 1. The van der Waals surface area contributed by atoms with Crippen LogP contribution in [0.1, 0.15) is 22.8 Å². The molecule has 0 unspecified atom stereocenters. The van der Waals surface area contributed by atoms with Crippen LogP contribution in [0, 0.1) is 0 Å². The minimum atomic E-state index is -0.650. The van der Waals surface area contributed by atoms with Gasteiger partial charge in [-0.1, -0.05) is 18.2 Å². The molecule has 0 bridgehead atoms. The fourth-order valence-electron chi connectivity index (χ4n) is 2.25. The van der Waals surface area contributed by atoms with Crippen LogP contribution in [-0.2, 0) is 19.1 Å². The Morgan fingerprint density at radius 2 is 1.75 bits per heavy atom. The van der Waals surface area contributed by atoms with Crippen LogP contribution < -0.4 is 10.1 Å². The van der Waals surface area contributed by atoms with E-state index in [-0.39, 0.29) is 0 Å². The van der Waals surface area contributed by atoms with E-state index in [0.717, 1.165) is 5.56 Å². The number of esters is 2. The summed E-state index contributed by atoms with van der Waals surface area (Å²) in [5.41, 5.74) is 1.57. The van der Waals surface area contributed by atoms with Crippen molar-refractivity contribution in [2.24, 2.45) is 0 Å². The monoisotopic (exact) mass is 383 g/mol. The van der Waals surface area contributed by atoms with Crippen molar-refractivity contribution in [3.8, 4) is 5.75 Å². The normalized spacial score (nSPS) is 10.4. The molecule has 0 radical (unpaired) electrons. The summed E-state index contributed by atoms with van der Waals surface area (Å²) in [6.45, 7) is 1.95. The second-order valence-electron chi connectivity index (χ2n) is 5.53. The fourth-order valence-corrected chi connectivity index (χ4v) is 2.25. The zero-order valence-corrected chi connectivity index (χ0v) is 15.6. The lowest BCUT2D eigenvalue weighted by atomic mass is 10.2. The maximum Gasteiger partial charge on any atom is 0.337 e. The zero-order valence-electron chi connectivity index (χ0n) is 15.6. The Bertz CT molecular complexity index is 857. The van der Waals surface area contributed by atoms with Crippen LogP contribution >= 0.6 is 0 Å². The van der Waals surface area contributed by atoms with E-state index in [1.165, 1.54) is 25.3 Å². The molecule has 2 rings (SSSR count). The third kappa shape index (κ3) is 6.28. The number of nitrogens with one attached hydrogen (secondary N) is 1. The first kappa shape index (κ1) is 20.7. The summed E-state index contributed by atoms with van der Waals surface area (Å²) in [5, 5.41) is 2.57. The van der Waals surface area contributed by atoms with Crippen molar-refractivity contribution >= 4 is 29.6 Å². The van der Waals surface area contributed by atoms with Crippen molar-refractivity contribution in [2.45, 2.75) is 6.92 Å². The van der Waals surface area contributed by atoms with Gasteiger partial charge in [0, 0.05) is 17.3 Å². The summed E-state index contributed by atoms with van der Waals surface area (Å²) in [6.07, 6.45) is 2.80. The van der Waals surface area contributed by atoms with Crippen molar-refractivity contribution in [3.05, 3.63) is 65.7 Å². The molecule has 0 fully saturated rings. The summed E-state index contributed by atoms with van der Waals surface area (Å²) in [4.78, 5) is 35.1. The van der Waals surface area contributed by atoms with E-state index in [1.54, 1.807) is 30.3 Å². The predicted octanol–water partition coefficient (Wildman–Crippen LogP) is 3.07. The Morgan fingerprint density at radius 3 is 2.43 bits per heavy atom. The van der Waals surface area contributed by atoms with Gasteiger partial charge in [-0.2, -0.15) is 0 Å². The second-order valence-corrected chi connectivity index (χ2v) is 5.53. The molecule has 2 aromatic rings.